The number of nitrogens with one attached hydrogen (secondary N) is 1. The average Bonchev–Trinajstić information content (AvgIpc) is 3.06. The van der Waals surface area contributed by atoms with Crippen LogP contribution in [0.3, 0.4) is 0 Å². The van der Waals surface area contributed by atoms with Crippen LogP contribution in [0, 0.1) is 0 Å². The van der Waals surface area contributed by atoms with Gasteiger partial charge < -0.3 is 14.8 Å². The van der Waals surface area contributed by atoms with Gasteiger partial charge in [-0.1, -0.05) is 6.07 Å². The van der Waals surface area contributed by atoms with Crippen molar-refractivity contribution in [2.24, 2.45) is 0 Å². The number of hydrogen-bond donors (Lipinski definition) is 1. The second-order valence-corrected chi connectivity index (χ2v) is 5.78. The van der Waals surface area contributed by atoms with Gasteiger partial charge in [-0.15, -0.1) is 0 Å². The van der Waals surface area contributed by atoms with Gasteiger partial charge in [0.15, 0.2) is 0 Å². The van der Waals surface area contributed by atoms with Crippen LogP contribution in [-0.4, -0.2) is 31.8 Å². The molecule has 21 heavy (non-hydrogen) atoms. The number of ether oxygens (including phenoxy) is 2. The minimum absolute atomic E-state index is 0.0125. The van der Waals surface area contributed by atoms with E-state index in [1.165, 1.54) is 30.4 Å². The maximum atomic E-state index is 11.8. The Hall–Kier alpha value is -1.55. The highest BCUT2D eigenvalue weighted by Crippen LogP contribution is 2.25. The molecule has 1 atom stereocenters. The Kier molecular flexibility index (Phi) is 4.76. The molecular formula is C17H23NO3. The molecule has 0 saturated carbocycles. The van der Waals surface area contributed by atoms with Crippen LogP contribution in [0.4, 0.5) is 0 Å². The van der Waals surface area contributed by atoms with Crippen LogP contribution in [0.25, 0.3) is 0 Å². The monoisotopic (exact) mass is 289 g/mol. The molecule has 3 rings (SSSR count). The fourth-order valence-corrected chi connectivity index (χ4v) is 3.04. The predicted molar refractivity (Wildman–Crippen MR) is 80.6 cm³/mol. The average molecular weight is 289 g/mol. The summed E-state index contributed by atoms with van der Waals surface area (Å²) < 4.78 is 11.1. The van der Waals surface area contributed by atoms with Gasteiger partial charge >= 0.3 is 0 Å². The molecule has 1 aromatic carbocycles. The van der Waals surface area contributed by atoms with Crippen molar-refractivity contribution in [1.82, 2.24) is 5.32 Å². The number of hydrogen-bond acceptors (Lipinski definition) is 3. The van der Waals surface area contributed by atoms with Crippen molar-refractivity contribution in [3.8, 4) is 5.75 Å². The van der Waals surface area contributed by atoms with Crippen LogP contribution in [0.2, 0.25) is 0 Å². The van der Waals surface area contributed by atoms with Crippen LogP contribution in [0.1, 0.15) is 36.8 Å². The summed E-state index contributed by atoms with van der Waals surface area (Å²) in [6, 6.07) is 6.36. The maximum Gasteiger partial charge on any atom is 0.249 e. The summed E-state index contributed by atoms with van der Waals surface area (Å²) in [6.45, 7) is 1.72. The third-order valence-electron chi connectivity index (χ3n) is 4.21. The van der Waals surface area contributed by atoms with E-state index < -0.39 is 0 Å². The van der Waals surface area contributed by atoms with Crippen molar-refractivity contribution in [2.75, 3.05) is 19.8 Å². The van der Waals surface area contributed by atoms with Gasteiger partial charge in [0.1, 0.15) is 18.5 Å². The lowest BCUT2D eigenvalue weighted by molar-refractivity contribution is -0.130. The highest BCUT2D eigenvalue weighted by molar-refractivity contribution is 5.80. The lowest BCUT2D eigenvalue weighted by Gasteiger charge is -2.17. The van der Waals surface area contributed by atoms with Crippen LogP contribution in [0.15, 0.2) is 18.2 Å². The lowest BCUT2D eigenvalue weighted by atomic mass is 9.92. The van der Waals surface area contributed by atoms with Gasteiger partial charge in [0, 0.05) is 6.61 Å². The van der Waals surface area contributed by atoms with Crippen LogP contribution in [-0.2, 0) is 22.4 Å². The molecule has 1 aliphatic carbocycles. The number of amides is 1. The van der Waals surface area contributed by atoms with E-state index >= 15 is 0 Å². The molecule has 1 unspecified atom stereocenters. The number of carbonyl (C=O) groups is 1. The number of fused-ring (bicyclic) bond motifs is 1. The summed E-state index contributed by atoms with van der Waals surface area (Å²) in [5.41, 5.74) is 2.88. The summed E-state index contributed by atoms with van der Waals surface area (Å²) in [7, 11) is 0. The third-order valence-corrected chi connectivity index (χ3v) is 4.21. The first-order valence-electron chi connectivity index (χ1n) is 7.97. The Labute approximate surface area is 125 Å². The first kappa shape index (κ1) is 14.4. The standard InChI is InChI=1S/C17H23NO3/c19-17(16-6-3-10-21-16)18-9-11-20-15-8-7-13-4-1-2-5-14(13)12-15/h7-8,12,16H,1-6,9-11H2,(H,18,19). The first-order chi connectivity index (χ1) is 10.3. The number of benzene rings is 1. The molecule has 0 spiro atoms. The van der Waals surface area contributed by atoms with Crippen LogP contribution in [0.5, 0.6) is 5.75 Å². The largest absolute Gasteiger partial charge is 0.492 e. The van der Waals surface area contributed by atoms with Gasteiger partial charge in [0.25, 0.3) is 0 Å². The van der Waals surface area contributed by atoms with Crippen molar-refractivity contribution in [3.63, 3.8) is 0 Å². The van der Waals surface area contributed by atoms with Crippen molar-refractivity contribution in [3.05, 3.63) is 29.3 Å². The zero-order chi connectivity index (χ0) is 14.5. The SMILES string of the molecule is O=C(NCCOc1ccc2c(c1)CCCC2)C1CCCO1. The molecule has 4 nitrogen and oxygen atoms in total. The summed E-state index contributed by atoms with van der Waals surface area (Å²) in [4.78, 5) is 11.8. The quantitative estimate of drug-likeness (QED) is 0.846. The molecule has 1 amide bonds. The van der Waals surface area contributed by atoms with E-state index in [1.54, 1.807) is 0 Å². The molecule has 0 radical (unpaired) electrons. The zero-order valence-corrected chi connectivity index (χ0v) is 12.4. The fourth-order valence-electron chi connectivity index (χ4n) is 3.04. The summed E-state index contributed by atoms with van der Waals surface area (Å²) >= 11 is 0. The second kappa shape index (κ2) is 6.94. The molecular weight excluding hydrogens is 266 g/mol. The van der Waals surface area contributed by atoms with E-state index in [2.05, 4.69) is 17.4 Å². The van der Waals surface area contributed by atoms with E-state index in [9.17, 15) is 4.79 Å². The van der Waals surface area contributed by atoms with E-state index in [0.717, 1.165) is 25.0 Å². The Bertz CT molecular complexity index is 495. The second-order valence-electron chi connectivity index (χ2n) is 5.78. The van der Waals surface area contributed by atoms with E-state index in [4.69, 9.17) is 9.47 Å². The minimum atomic E-state index is -0.256. The lowest BCUT2D eigenvalue weighted by Crippen LogP contribution is -2.36. The van der Waals surface area contributed by atoms with Crippen molar-refractivity contribution in [2.45, 2.75) is 44.6 Å². The normalized spacial score (nSPS) is 20.9. The highest BCUT2D eigenvalue weighted by atomic mass is 16.5. The highest BCUT2D eigenvalue weighted by Gasteiger charge is 2.22. The van der Waals surface area contributed by atoms with E-state index in [0.29, 0.717) is 19.8 Å². The predicted octanol–water partition coefficient (Wildman–Crippen LogP) is 2.24. The first-order valence-corrected chi connectivity index (χ1v) is 7.97. The maximum absolute atomic E-state index is 11.8. The van der Waals surface area contributed by atoms with E-state index in [-0.39, 0.29) is 12.0 Å². The van der Waals surface area contributed by atoms with Crippen LogP contribution < -0.4 is 10.1 Å². The number of rotatable bonds is 5. The van der Waals surface area contributed by atoms with Gasteiger partial charge in [-0.25, -0.2) is 0 Å². The van der Waals surface area contributed by atoms with Gasteiger partial charge in [-0.05, 0) is 61.8 Å². The Morgan fingerprint density at radius 2 is 2.10 bits per heavy atom. The van der Waals surface area contributed by atoms with Crippen molar-refractivity contribution < 1.29 is 14.3 Å². The Morgan fingerprint density at radius 1 is 1.24 bits per heavy atom. The minimum Gasteiger partial charge on any atom is -0.492 e. The summed E-state index contributed by atoms with van der Waals surface area (Å²) in [5.74, 6) is 0.892. The molecule has 114 valence electrons. The van der Waals surface area contributed by atoms with Gasteiger partial charge in [0.05, 0.1) is 6.54 Å². The molecule has 1 aliphatic heterocycles. The summed E-state index contributed by atoms with van der Waals surface area (Å²) in [6.07, 6.45) is 6.46. The molecule has 1 N–H and O–H groups in total. The Balaban J connectivity index is 1.42. The van der Waals surface area contributed by atoms with Gasteiger partial charge in [-0.3, -0.25) is 4.79 Å². The van der Waals surface area contributed by atoms with E-state index in [1.807, 2.05) is 6.07 Å². The van der Waals surface area contributed by atoms with Crippen molar-refractivity contribution >= 4 is 5.91 Å². The zero-order valence-electron chi connectivity index (χ0n) is 12.4. The van der Waals surface area contributed by atoms with Gasteiger partial charge in [-0.2, -0.15) is 0 Å². The number of carbonyl (C=O) groups excluding carboxylic acids is 1. The molecule has 1 aromatic rings. The van der Waals surface area contributed by atoms with Gasteiger partial charge in [0.2, 0.25) is 5.91 Å². The number of aryl methyl sites for hydroxylation is 2. The van der Waals surface area contributed by atoms with Crippen LogP contribution >= 0.6 is 0 Å². The molecule has 1 heterocycles. The Morgan fingerprint density at radius 3 is 2.90 bits per heavy atom. The fraction of sp³-hybridized carbons (Fsp3) is 0.588. The third kappa shape index (κ3) is 3.76. The summed E-state index contributed by atoms with van der Waals surface area (Å²) in [5, 5.41) is 2.87. The molecule has 0 aromatic heterocycles. The molecule has 2 aliphatic rings. The smallest absolute Gasteiger partial charge is 0.249 e. The van der Waals surface area contributed by atoms with Crippen molar-refractivity contribution in [1.29, 1.82) is 0 Å². The molecule has 1 fully saturated rings. The molecule has 1 saturated heterocycles. The molecule has 0 bridgehead atoms. The molecule has 4 heteroatoms. The topological polar surface area (TPSA) is 47.6 Å².